The molecule has 2 aliphatic carbocycles. The molecule has 0 saturated heterocycles. The fraction of sp³-hybridized carbons (Fsp3) is 0.929. The lowest BCUT2D eigenvalue weighted by molar-refractivity contribution is 0.0438. The lowest BCUT2D eigenvalue weighted by atomic mass is 10.1. The number of aliphatic hydroxyl groups excluding tert-OH is 4. The van der Waals surface area contributed by atoms with E-state index in [-0.39, 0.29) is 18.1 Å². The van der Waals surface area contributed by atoms with E-state index in [2.05, 4.69) is 10.6 Å². The predicted octanol–water partition coefficient (Wildman–Crippen LogP) is -1.13. The molecular formula is C14H27N2O4. The first-order valence-corrected chi connectivity index (χ1v) is 7.45. The maximum absolute atomic E-state index is 9.54. The summed E-state index contributed by atoms with van der Waals surface area (Å²) in [4.78, 5) is 0. The van der Waals surface area contributed by atoms with Crippen LogP contribution >= 0.6 is 0 Å². The van der Waals surface area contributed by atoms with Crippen molar-refractivity contribution in [2.75, 3.05) is 0 Å². The fourth-order valence-electron chi connectivity index (χ4n) is 3.17. The summed E-state index contributed by atoms with van der Waals surface area (Å²) in [6, 6.07) is 1.37. The molecule has 117 valence electrons. The van der Waals surface area contributed by atoms with Gasteiger partial charge in [-0.1, -0.05) is 0 Å². The largest absolute Gasteiger partial charge is 0.390 e. The topological polar surface area (TPSA) is 105 Å². The van der Waals surface area contributed by atoms with Gasteiger partial charge in [0.2, 0.25) is 0 Å². The van der Waals surface area contributed by atoms with Gasteiger partial charge in [-0.15, -0.1) is 0 Å². The summed E-state index contributed by atoms with van der Waals surface area (Å²) in [6.45, 7) is 4.01. The third-order valence-corrected chi connectivity index (χ3v) is 4.56. The highest BCUT2D eigenvalue weighted by Gasteiger charge is 2.35. The monoisotopic (exact) mass is 287 g/mol. The highest BCUT2D eigenvalue weighted by Crippen LogP contribution is 2.23. The molecule has 6 heteroatoms. The van der Waals surface area contributed by atoms with Crippen LogP contribution in [0.2, 0.25) is 0 Å². The van der Waals surface area contributed by atoms with Crippen LogP contribution in [-0.2, 0) is 0 Å². The average molecular weight is 287 g/mol. The molecule has 2 aliphatic rings. The molecular weight excluding hydrogens is 260 g/mol. The molecule has 7 atom stereocenters. The van der Waals surface area contributed by atoms with Gasteiger partial charge in [0.05, 0.1) is 30.5 Å². The Morgan fingerprint density at radius 2 is 1.25 bits per heavy atom. The maximum atomic E-state index is 9.54. The Balaban J connectivity index is 1.74. The zero-order valence-corrected chi connectivity index (χ0v) is 12.2. The minimum Gasteiger partial charge on any atom is -0.390 e. The third kappa shape index (κ3) is 3.90. The highest BCUT2D eigenvalue weighted by atomic mass is 16.3. The lowest BCUT2D eigenvalue weighted by Gasteiger charge is -2.27. The SMILES string of the molecule is C[C](NC1C[C@@H](O)[C@@H](O)C1)[C@@H](C)NC1C[C@@H](O)[C@@H](O)C1. The molecule has 2 unspecified atom stereocenters. The molecule has 6 N–H and O–H groups in total. The van der Waals surface area contributed by atoms with Gasteiger partial charge < -0.3 is 31.1 Å². The van der Waals surface area contributed by atoms with Gasteiger partial charge in [-0.25, -0.2) is 0 Å². The first kappa shape index (κ1) is 16.1. The molecule has 0 aromatic carbocycles. The summed E-state index contributed by atoms with van der Waals surface area (Å²) < 4.78 is 0. The number of hydrogen-bond acceptors (Lipinski definition) is 6. The Morgan fingerprint density at radius 1 is 0.850 bits per heavy atom. The number of aliphatic hydroxyl groups is 4. The van der Waals surface area contributed by atoms with Gasteiger partial charge in [0.15, 0.2) is 0 Å². The van der Waals surface area contributed by atoms with Crippen LogP contribution in [0.4, 0.5) is 0 Å². The molecule has 0 heterocycles. The van der Waals surface area contributed by atoms with E-state index in [1.807, 2.05) is 13.8 Å². The molecule has 2 rings (SSSR count). The minimum atomic E-state index is -0.635. The van der Waals surface area contributed by atoms with Crippen molar-refractivity contribution in [1.29, 1.82) is 0 Å². The van der Waals surface area contributed by atoms with Crippen molar-refractivity contribution in [1.82, 2.24) is 10.6 Å². The zero-order valence-electron chi connectivity index (χ0n) is 12.2. The maximum Gasteiger partial charge on any atom is 0.0814 e. The van der Waals surface area contributed by atoms with E-state index < -0.39 is 24.4 Å². The Kier molecular flexibility index (Phi) is 5.39. The molecule has 0 spiro atoms. The molecule has 0 aromatic heterocycles. The average Bonchev–Trinajstić information content (AvgIpc) is 2.83. The van der Waals surface area contributed by atoms with E-state index in [0.29, 0.717) is 25.7 Å². The van der Waals surface area contributed by atoms with Crippen molar-refractivity contribution < 1.29 is 20.4 Å². The summed E-state index contributed by atoms with van der Waals surface area (Å²) >= 11 is 0. The Labute approximate surface area is 120 Å². The van der Waals surface area contributed by atoms with Crippen LogP contribution in [0.25, 0.3) is 0 Å². The fourth-order valence-corrected chi connectivity index (χ4v) is 3.17. The third-order valence-electron chi connectivity index (χ3n) is 4.56. The van der Waals surface area contributed by atoms with Gasteiger partial charge in [-0.2, -0.15) is 0 Å². The molecule has 0 aromatic rings. The summed E-state index contributed by atoms with van der Waals surface area (Å²) in [6.07, 6.45) is -0.272. The first-order valence-electron chi connectivity index (χ1n) is 7.45. The van der Waals surface area contributed by atoms with E-state index in [4.69, 9.17) is 0 Å². The van der Waals surface area contributed by atoms with Crippen LogP contribution in [0, 0.1) is 6.04 Å². The van der Waals surface area contributed by atoms with E-state index in [1.165, 1.54) is 0 Å². The van der Waals surface area contributed by atoms with E-state index in [1.54, 1.807) is 0 Å². The molecule has 0 bridgehead atoms. The van der Waals surface area contributed by atoms with Crippen LogP contribution < -0.4 is 10.6 Å². The van der Waals surface area contributed by atoms with E-state index in [0.717, 1.165) is 6.04 Å². The van der Waals surface area contributed by atoms with Gasteiger partial charge in [-0.3, -0.25) is 0 Å². The van der Waals surface area contributed by atoms with Gasteiger partial charge in [0.25, 0.3) is 0 Å². The van der Waals surface area contributed by atoms with Gasteiger partial charge in [0.1, 0.15) is 0 Å². The number of hydrogen-bond donors (Lipinski definition) is 6. The van der Waals surface area contributed by atoms with Crippen LogP contribution in [0.15, 0.2) is 0 Å². The molecule has 1 radical (unpaired) electrons. The van der Waals surface area contributed by atoms with Crippen LogP contribution in [-0.4, -0.2) is 63.0 Å². The van der Waals surface area contributed by atoms with Gasteiger partial charge in [-0.05, 0) is 39.5 Å². The van der Waals surface area contributed by atoms with Crippen LogP contribution in [0.3, 0.4) is 0 Å². The van der Waals surface area contributed by atoms with Crippen molar-refractivity contribution in [2.45, 2.75) is 82.1 Å². The minimum absolute atomic E-state index is 0.101. The van der Waals surface area contributed by atoms with Crippen molar-refractivity contribution >= 4 is 0 Å². The second kappa shape index (κ2) is 6.68. The molecule has 0 amide bonds. The molecule has 2 saturated carbocycles. The van der Waals surface area contributed by atoms with Gasteiger partial charge in [0, 0.05) is 18.1 Å². The summed E-state index contributed by atoms with van der Waals surface area (Å²) in [5.41, 5.74) is 0. The van der Waals surface area contributed by atoms with Crippen LogP contribution in [0.5, 0.6) is 0 Å². The quantitative estimate of drug-likeness (QED) is 0.382. The van der Waals surface area contributed by atoms with E-state index >= 15 is 0 Å². The van der Waals surface area contributed by atoms with Crippen LogP contribution in [0.1, 0.15) is 39.5 Å². The molecule has 2 fully saturated rings. The second-order valence-electron chi connectivity index (χ2n) is 6.32. The lowest BCUT2D eigenvalue weighted by Crippen LogP contribution is -2.45. The normalized spacial score (nSPS) is 43.4. The van der Waals surface area contributed by atoms with Crippen molar-refractivity contribution in [3.63, 3.8) is 0 Å². The summed E-state index contributed by atoms with van der Waals surface area (Å²) in [5, 5.41) is 44.9. The number of nitrogens with one attached hydrogen (secondary N) is 2. The van der Waals surface area contributed by atoms with Crippen molar-refractivity contribution in [2.24, 2.45) is 0 Å². The van der Waals surface area contributed by atoms with Gasteiger partial charge >= 0.3 is 0 Å². The highest BCUT2D eigenvalue weighted by molar-refractivity contribution is 5.00. The standard InChI is InChI=1S/C14H27N2O4/c1-7(15-9-3-11(17)12(18)4-9)8(2)16-10-5-13(19)14(20)6-10/h7,9-20H,3-6H2,1-2H3/t7-,9?,10?,11-,12+,13-,14+/m1/s1. The molecule has 0 aliphatic heterocycles. The smallest absolute Gasteiger partial charge is 0.0814 e. The molecule has 6 nitrogen and oxygen atoms in total. The Morgan fingerprint density at radius 3 is 1.70 bits per heavy atom. The first-order chi connectivity index (χ1) is 9.36. The summed E-state index contributed by atoms with van der Waals surface area (Å²) in [7, 11) is 0. The Bertz CT molecular complexity index is 268. The van der Waals surface area contributed by atoms with Crippen molar-refractivity contribution in [3.05, 3.63) is 6.04 Å². The zero-order chi connectivity index (χ0) is 14.9. The second-order valence-corrected chi connectivity index (χ2v) is 6.32. The molecule has 20 heavy (non-hydrogen) atoms. The summed E-state index contributed by atoms with van der Waals surface area (Å²) in [5.74, 6) is 0. The van der Waals surface area contributed by atoms with E-state index in [9.17, 15) is 20.4 Å². The van der Waals surface area contributed by atoms with Crippen molar-refractivity contribution in [3.8, 4) is 0 Å². The number of rotatable bonds is 5. The predicted molar refractivity (Wildman–Crippen MR) is 74.7 cm³/mol. The Hall–Kier alpha value is -0.240.